The minimum atomic E-state index is -0.222. The van der Waals surface area contributed by atoms with E-state index in [9.17, 15) is 4.79 Å². The number of carbonyl (C=O) groups is 1. The Hall–Kier alpha value is -3.80. The van der Waals surface area contributed by atoms with Gasteiger partial charge in [0.15, 0.2) is 18.0 Å². The van der Waals surface area contributed by atoms with E-state index >= 15 is 0 Å². The van der Waals surface area contributed by atoms with Crippen LogP contribution < -0.4 is 15.8 Å². The summed E-state index contributed by atoms with van der Waals surface area (Å²) in [6.45, 7) is 3.95. The van der Waals surface area contributed by atoms with Crippen LogP contribution in [0, 0.1) is 13.8 Å². The lowest BCUT2D eigenvalue weighted by molar-refractivity contribution is -0.118. The maximum atomic E-state index is 12.3. The number of nitrogen functional groups attached to an aromatic ring is 1. The lowest BCUT2D eigenvalue weighted by Crippen LogP contribution is -2.20. The number of aromatic nitrogens is 2. The average Bonchev–Trinajstić information content (AvgIpc) is 3.14. The lowest BCUT2D eigenvalue weighted by atomic mass is 10.1. The van der Waals surface area contributed by atoms with Gasteiger partial charge in [0.25, 0.3) is 5.91 Å². The molecule has 2 heterocycles. The molecule has 0 aliphatic rings. The van der Waals surface area contributed by atoms with Crippen LogP contribution in [0.25, 0.3) is 16.9 Å². The third kappa shape index (κ3) is 4.06. The molecule has 0 unspecified atom stereocenters. The highest BCUT2D eigenvalue weighted by atomic mass is 16.5. The smallest absolute Gasteiger partial charge is 0.262 e. The van der Waals surface area contributed by atoms with Crippen molar-refractivity contribution in [2.24, 2.45) is 0 Å². The number of carbonyl (C=O) groups excluding carboxylic acids is 1. The predicted octanol–water partition coefficient (Wildman–Crippen LogP) is 4.22. The second kappa shape index (κ2) is 7.67. The van der Waals surface area contributed by atoms with E-state index in [0.717, 1.165) is 22.5 Å². The molecule has 0 aliphatic carbocycles. The van der Waals surface area contributed by atoms with Gasteiger partial charge in [-0.15, -0.1) is 0 Å². The fraction of sp³-hybridized carbons (Fsp3) is 0.130. The van der Waals surface area contributed by atoms with Crippen molar-refractivity contribution in [3.8, 4) is 17.0 Å². The maximum absolute atomic E-state index is 12.3. The molecule has 146 valence electrons. The van der Waals surface area contributed by atoms with Crippen molar-refractivity contribution in [2.75, 3.05) is 17.7 Å². The molecule has 6 nitrogen and oxygen atoms in total. The molecule has 0 aliphatic heterocycles. The fourth-order valence-corrected chi connectivity index (χ4v) is 3.05. The number of anilines is 2. The third-order valence-corrected chi connectivity index (χ3v) is 4.80. The summed E-state index contributed by atoms with van der Waals surface area (Å²) in [6, 6.07) is 17.0. The second-order valence-electron chi connectivity index (χ2n) is 6.99. The standard InChI is InChI=1S/C23H22N4O2/c1-15-5-10-19(12-16(15)2)25-22(28)14-29-21-4-3-11-27-13-20(26-23(21)27)17-6-8-18(24)9-7-17/h3-13H,14,24H2,1-2H3,(H,25,28). The molecule has 0 fully saturated rings. The monoisotopic (exact) mass is 386 g/mol. The first-order valence-corrected chi connectivity index (χ1v) is 9.33. The Kier molecular flexibility index (Phi) is 4.91. The summed E-state index contributed by atoms with van der Waals surface area (Å²) in [5.41, 5.74) is 11.9. The summed E-state index contributed by atoms with van der Waals surface area (Å²) in [5, 5.41) is 2.86. The van der Waals surface area contributed by atoms with Gasteiger partial charge in [-0.25, -0.2) is 4.98 Å². The Labute approximate surface area is 169 Å². The van der Waals surface area contributed by atoms with Crippen molar-refractivity contribution in [1.82, 2.24) is 9.38 Å². The number of nitrogens with one attached hydrogen (secondary N) is 1. The zero-order valence-electron chi connectivity index (χ0n) is 16.3. The third-order valence-electron chi connectivity index (χ3n) is 4.80. The Morgan fingerprint density at radius 1 is 1.10 bits per heavy atom. The number of ether oxygens (including phenoxy) is 1. The van der Waals surface area contributed by atoms with E-state index in [1.807, 2.05) is 79.2 Å². The van der Waals surface area contributed by atoms with Crippen LogP contribution in [0.1, 0.15) is 11.1 Å². The van der Waals surface area contributed by atoms with Crippen molar-refractivity contribution in [3.05, 3.63) is 78.1 Å². The van der Waals surface area contributed by atoms with Gasteiger partial charge in [0.2, 0.25) is 0 Å². The molecule has 0 radical (unpaired) electrons. The first-order chi connectivity index (χ1) is 14.0. The molecular weight excluding hydrogens is 364 g/mol. The quantitative estimate of drug-likeness (QED) is 0.503. The summed E-state index contributed by atoms with van der Waals surface area (Å²) in [7, 11) is 0. The van der Waals surface area contributed by atoms with E-state index in [4.69, 9.17) is 10.5 Å². The van der Waals surface area contributed by atoms with E-state index in [0.29, 0.717) is 17.1 Å². The average molecular weight is 386 g/mol. The van der Waals surface area contributed by atoms with Gasteiger partial charge in [-0.2, -0.15) is 0 Å². The molecule has 0 spiro atoms. The fourth-order valence-electron chi connectivity index (χ4n) is 3.05. The van der Waals surface area contributed by atoms with E-state index in [1.54, 1.807) is 6.07 Å². The van der Waals surface area contributed by atoms with Crippen LogP contribution in [-0.2, 0) is 4.79 Å². The van der Waals surface area contributed by atoms with E-state index < -0.39 is 0 Å². The zero-order valence-corrected chi connectivity index (χ0v) is 16.3. The highest BCUT2D eigenvalue weighted by molar-refractivity contribution is 5.92. The molecule has 0 atom stereocenters. The summed E-state index contributed by atoms with van der Waals surface area (Å²) in [4.78, 5) is 17.0. The van der Waals surface area contributed by atoms with Gasteiger partial charge in [0.05, 0.1) is 5.69 Å². The van der Waals surface area contributed by atoms with E-state index in [2.05, 4.69) is 10.3 Å². The number of benzene rings is 2. The molecule has 4 rings (SSSR count). The predicted molar refractivity (Wildman–Crippen MR) is 115 cm³/mol. The van der Waals surface area contributed by atoms with Crippen LogP contribution in [0.5, 0.6) is 5.75 Å². The van der Waals surface area contributed by atoms with Gasteiger partial charge >= 0.3 is 0 Å². The molecule has 2 aromatic heterocycles. The number of amides is 1. The van der Waals surface area contributed by atoms with Crippen LogP contribution in [0.3, 0.4) is 0 Å². The lowest BCUT2D eigenvalue weighted by Gasteiger charge is -2.09. The van der Waals surface area contributed by atoms with Gasteiger partial charge in [0, 0.05) is 29.3 Å². The van der Waals surface area contributed by atoms with Gasteiger partial charge in [-0.05, 0) is 61.4 Å². The summed E-state index contributed by atoms with van der Waals surface area (Å²) in [6.07, 6.45) is 3.81. The van der Waals surface area contributed by atoms with Gasteiger partial charge in [0.1, 0.15) is 0 Å². The van der Waals surface area contributed by atoms with Gasteiger partial charge in [-0.3, -0.25) is 4.79 Å². The minimum Gasteiger partial charge on any atom is -0.480 e. The Morgan fingerprint density at radius 2 is 1.90 bits per heavy atom. The topological polar surface area (TPSA) is 81.6 Å². The highest BCUT2D eigenvalue weighted by Gasteiger charge is 2.11. The number of fused-ring (bicyclic) bond motifs is 1. The number of hydrogen-bond donors (Lipinski definition) is 2. The Bertz CT molecular complexity index is 1180. The van der Waals surface area contributed by atoms with Crippen molar-refractivity contribution in [1.29, 1.82) is 0 Å². The second-order valence-corrected chi connectivity index (χ2v) is 6.99. The first kappa shape index (κ1) is 18.6. The molecule has 29 heavy (non-hydrogen) atoms. The number of pyridine rings is 1. The molecule has 0 saturated carbocycles. The first-order valence-electron chi connectivity index (χ1n) is 9.33. The molecule has 0 saturated heterocycles. The SMILES string of the molecule is Cc1ccc(NC(=O)COc2cccn3cc(-c4ccc(N)cc4)nc23)cc1C. The molecule has 0 bridgehead atoms. The highest BCUT2D eigenvalue weighted by Crippen LogP contribution is 2.25. The maximum Gasteiger partial charge on any atom is 0.262 e. The van der Waals surface area contributed by atoms with Crippen molar-refractivity contribution < 1.29 is 9.53 Å². The van der Waals surface area contributed by atoms with Crippen LogP contribution in [0.2, 0.25) is 0 Å². The number of nitrogens with two attached hydrogens (primary N) is 1. The molecule has 6 heteroatoms. The minimum absolute atomic E-state index is 0.101. The Morgan fingerprint density at radius 3 is 2.66 bits per heavy atom. The summed E-state index contributed by atoms with van der Waals surface area (Å²) in [5.74, 6) is 0.324. The van der Waals surface area contributed by atoms with E-state index in [1.165, 1.54) is 5.56 Å². The molecule has 3 N–H and O–H groups in total. The molecule has 2 aromatic carbocycles. The number of aryl methyl sites for hydroxylation is 2. The number of nitrogens with zero attached hydrogens (tertiary/aromatic N) is 2. The molecule has 1 amide bonds. The number of imidazole rings is 1. The summed E-state index contributed by atoms with van der Waals surface area (Å²) < 4.78 is 7.64. The van der Waals surface area contributed by atoms with Crippen molar-refractivity contribution in [2.45, 2.75) is 13.8 Å². The molecular formula is C23H22N4O2. The van der Waals surface area contributed by atoms with Crippen molar-refractivity contribution >= 4 is 22.9 Å². The molecule has 4 aromatic rings. The normalized spacial score (nSPS) is 10.8. The Balaban J connectivity index is 1.49. The number of hydrogen-bond acceptors (Lipinski definition) is 4. The van der Waals surface area contributed by atoms with Crippen LogP contribution in [-0.4, -0.2) is 21.9 Å². The van der Waals surface area contributed by atoms with Crippen LogP contribution in [0.15, 0.2) is 67.0 Å². The number of rotatable bonds is 5. The van der Waals surface area contributed by atoms with Crippen LogP contribution in [0.4, 0.5) is 11.4 Å². The largest absolute Gasteiger partial charge is 0.480 e. The zero-order chi connectivity index (χ0) is 20.4. The van der Waals surface area contributed by atoms with Gasteiger partial charge < -0.3 is 20.2 Å². The summed E-state index contributed by atoms with van der Waals surface area (Å²) >= 11 is 0. The van der Waals surface area contributed by atoms with Gasteiger partial charge in [-0.1, -0.05) is 18.2 Å². The van der Waals surface area contributed by atoms with Crippen molar-refractivity contribution in [3.63, 3.8) is 0 Å². The van der Waals surface area contributed by atoms with Crippen LogP contribution >= 0.6 is 0 Å². The van der Waals surface area contributed by atoms with E-state index in [-0.39, 0.29) is 12.5 Å².